The van der Waals surface area contributed by atoms with Gasteiger partial charge in [0.1, 0.15) is 11.9 Å². The molecule has 2 rings (SSSR count). The Morgan fingerprint density at radius 3 is 3.27 bits per heavy atom. The van der Waals surface area contributed by atoms with E-state index in [2.05, 4.69) is 10.1 Å². The van der Waals surface area contributed by atoms with Gasteiger partial charge in [0.15, 0.2) is 0 Å². The monoisotopic (exact) mass is 170 g/mol. The zero-order valence-corrected chi connectivity index (χ0v) is 6.44. The molecule has 5 heteroatoms. The zero-order valence-electron chi connectivity index (χ0n) is 5.68. The van der Waals surface area contributed by atoms with Crippen molar-refractivity contribution in [3.8, 4) is 0 Å². The summed E-state index contributed by atoms with van der Waals surface area (Å²) in [7, 11) is 0. The molecule has 0 fully saturated rings. The van der Waals surface area contributed by atoms with E-state index in [0.29, 0.717) is 0 Å². The average Bonchev–Trinajstić information content (AvgIpc) is 2.28. The quantitative estimate of drug-likeness (QED) is 0.373. The molecule has 0 aromatic carbocycles. The van der Waals surface area contributed by atoms with Gasteiger partial charge >= 0.3 is 0 Å². The highest BCUT2D eigenvalue weighted by molar-refractivity contribution is 5.86. The molecule has 0 aliphatic carbocycles. The van der Waals surface area contributed by atoms with Crippen LogP contribution in [0.1, 0.15) is 0 Å². The molecule has 2 aliphatic heterocycles. The van der Waals surface area contributed by atoms with Crippen LogP contribution in [0.4, 0.5) is 0 Å². The van der Waals surface area contributed by atoms with Crippen molar-refractivity contribution in [2.75, 3.05) is 0 Å². The molecule has 11 heavy (non-hydrogen) atoms. The van der Waals surface area contributed by atoms with Gasteiger partial charge in [-0.2, -0.15) is 5.01 Å². The summed E-state index contributed by atoms with van der Waals surface area (Å²) < 4.78 is 0. The van der Waals surface area contributed by atoms with Crippen LogP contribution in [0.3, 0.4) is 0 Å². The summed E-state index contributed by atoms with van der Waals surface area (Å²) in [5.41, 5.74) is 2.80. The molecule has 0 atom stereocenters. The second-order valence-electron chi connectivity index (χ2n) is 1.99. The normalized spacial score (nSPS) is 18.9. The molecule has 58 valence electrons. The summed E-state index contributed by atoms with van der Waals surface area (Å²) in [6.07, 6.45) is 9.04. The van der Waals surface area contributed by atoms with Crippen LogP contribution in [0.25, 0.3) is 0 Å². The molecule has 0 aromatic rings. The van der Waals surface area contributed by atoms with Gasteiger partial charge in [0.25, 0.3) is 0 Å². The van der Waals surface area contributed by atoms with Crippen molar-refractivity contribution in [1.82, 2.24) is 5.01 Å². The molecule has 0 amide bonds. The molecule has 2 heterocycles. The van der Waals surface area contributed by atoms with Crippen LogP contribution in [-0.4, -0.2) is 17.4 Å². The Balaban J connectivity index is 0.000000605. The van der Waals surface area contributed by atoms with Gasteiger partial charge in [-0.25, -0.2) is 0 Å². The van der Waals surface area contributed by atoms with Crippen LogP contribution < -0.4 is 17.9 Å². The van der Waals surface area contributed by atoms with E-state index >= 15 is 0 Å². The number of fused-ring (bicyclic) bond motifs is 1. The number of hydrogen-bond donors (Lipinski definition) is 1. The maximum Gasteiger partial charge on any atom is 0.121 e. The molecular weight excluding hydrogens is 164 g/mol. The van der Waals surface area contributed by atoms with Crippen molar-refractivity contribution in [2.45, 2.75) is 0 Å². The van der Waals surface area contributed by atoms with Gasteiger partial charge in [-0.15, -0.1) is 5.53 Å². The van der Waals surface area contributed by atoms with E-state index in [1.807, 2.05) is 17.3 Å². The largest absolute Gasteiger partial charge is 1.00 e. The first kappa shape index (κ1) is 7.97. The number of aliphatic imine (C=N–C) groups is 1. The van der Waals surface area contributed by atoms with E-state index in [4.69, 9.17) is 0 Å². The minimum absolute atomic E-state index is 0. The second kappa shape index (κ2) is 3.32. The van der Waals surface area contributed by atoms with Crippen LogP contribution >= 0.6 is 0 Å². The van der Waals surface area contributed by atoms with Crippen LogP contribution in [0.5, 0.6) is 0 Å². The van der Waals surface area contributed by atoms with Crippen LogP contribution in [0, 0.1) is 0 Å². The van der Waals surface area contributed by atoms with Gasteiger partial charge in [-0.05, 0) is 6.08 Å². The Morgan fingerprint density at radius 2 is 2.36 bits per heavy atom. The van der Waals surface area contributed by atoms with Crippen molar-refractivity contribution in [1.29, 1.82) is 0 Å². The number of quaternary nitrogens is 1. The Bertz CT molecular complexity index is 253. The van der Waals surface area contributed by atoms with Gasteiger partial charge in [0.05, 0.1) is 6.20 Å². The number of nitrogens with zero attached hydrogens (tertiary/aromatic N) is 3. The van der Waals surface area contributed by atoms with E-state index in [-0.39, 0.29) is 12.4 Å². The first-order valence-corrected chi connectivity index (χ1v) is 3.02. The van der Waals surface area contributed by atoms with E-state index in [0.717, 1.165) is 5.70 Å². The van der Waals surface area contributed by atoms with Crippen LogP contribution in [0.15, 0.2) is 34.3 Å². The topological polar surface area (TPSA) is 44.6 Å². The molecule has 0 spiro atoms. The van der Waals surface area contributed by atoms with Crippen molar-refractivity contribution >= 4 is 12.4 Å². The lowest BCUT2D eigenvalue weighted by Gasteiger charge is -2.03. The van der Waals surface area contributed by atoms with Gasteiger partial charge in [0, 0.05) is 12.4 Å². The molecule has 2 N–H and O–H groups in total. The fraction of sp³-hybridized carbons (Fsp3) is 0. The van der Waals surface area contributed by atoms with E-state index in [9.17, 15) is 0 Å². The second-order valence-corrected chi connectivity index (χ2v) is 1.99. The third-order valence-electron chi connectivity index (χ3n) is 1.34. The van der Waals surface area contributed by atoms with Gasteiger partial charge < -0.3 is 12.4 Å². The molecule has 0 saturated carbocycles. The highest BCUT2D eigenvalue weighted by Gasteiger charge is 2.13. The zero-order chi connectivity index (χ0) is 6.81. The van der Waals surface area contributed by atoms with Crippen molar-refractivity contribution < 1.29 is 17.9 Å². The molecule has 4 nitrogen and oxygen atoms in total. The predicted octanol–water partition coefficient (Wildman–Crippen LogP) is -3.79. The number of allylic oxidation sites excluding steroid dienone is 2. The number of hydrogen-bond acceptors (Lipinski definition) is 3. The predicted molar refractivity (Wildman–Crippen MR) is 38.0 cm³/mol. The fourth-order valence-corrected chi connectivity index (χ4v) is 0.848. The summed E-state index contributed by atoms with van der Waals surface area (Å²) in [5, 5.41) is 5.87. The smallest absolute Gasteiger partial charge is 0.121 e. The lowest BCUT2D eigenvalue weighted by molar-refractivity contribution is -0.781. The maximum atomic E-state index is 3.96. The van der Waals surface area contributed by atoms with Crippen molar-refractivity contribution in [3.05, 3.63) is 24.2 Å². The summed E-state index contributed by atoms with van der Waals surface area (Å²) in [6, 6.07) is 0. The molecule has 0 bridgehead atoms. The fourth-order valence-electron chi connectivity index (χ4n) is 0.848. The average molecular weight is 171 g/mol. The molecule has 0 unspecified atom stereocenters. The molecule has 0 aromatic heterocycles. The first-order valence-electron chi connectivity index (χ1n) is 3.02. The lowest BCUT2D eigenvalue weighted by Crippen LogP contribution is -3.00. The highest BCUT2D eigenvalue weighted by Crippen LogP contribution is 2.00. The summed E-state index contributed by atoms with van der Waals surface area (Å²) >= 11 is 0. The number of halogens is 1. The summed E-state index contributed by atoms with van der Waals surface area (Å²) in [6.45, 7) is 0. The molecule has 2 aliphatic rings. The summed E-state index contributed by atoms with van der Waals surface area (Å²) in [4.78, 5) is 3.95. The first-order chi connectivity index (χ1) is 4.97. The molecule has 0 saturated heterocycles. The standard InChI is InChI=1S/C6H6N4.ClH/c1-2-7-3-4-10-6(1)5-8-9-10;/h1-5,9H;1H. The third kappa shape index (κ3) is 1.47. The SMILES string of the molecule is C1=CN2[NH2+]N=CC2=CC=N1.[Cl-]. The number of rotatable bonds is 0. The molecule has 0 radical (unpaired) electrons. The lowest BCUT2D eigenvalue weighted by atomic mass is 10.4. The van der Waals surface area contributed by atoms with Gasteiger partial charge in [-0.1, -0.05) is 5.10 Å². The van der Waals surface area contributed by atoms with Gasteiger partial charge in [0.2, 0.25) is 0 Å². The van der Waals surface area contributed by atoms with Crippen molar-refractivity contribution in [2.24, 2.45) is 10.1 Å². The van der Waals surface area contributed by atoms with E-state index in [1.54, 1.807) is 24.2 Å². The van der Waals surface area contributed by atoms with Crippen LogP contribution in [0.2, 0.25) is 0 Å². The maximum absolute atomic E-state index is 3.96. The number of nitrogens with two attached hydrogens (primary N) is 1. The molecular formula is C6H7ClN4. The third-order valence-corrected chi connectivity index (χ3v) is 1.34. The Kier molecular flexibility index (Phi) is 2.40. The Morgan fingerprint density at radius 1 is 1.45 bits per heavy atom. The van der Waals surface area contributed by atoms with E-state index < -0.39 is 0 Å². The minimum Gasteiger partial charge on any atom is -1.00 e. The van der Waals surface area contributed by atoms with Crippen LogP contribution in [-0.2, 0) is 0 Å². The van der Waals surface area contributed by atoms with E-state index in [1.165, 1.54) is 0 Å². The Labute approximate surface area is 70.4 Å². The highest BCUT2D eigenvalue weighted by atomic mass is 35.5. The van der Waals surface area contributed by atoms with Gasteiger partial charge in [-0.3, -0.25) is 4.99 Å². The summed E-state index contributed by atoms with van der Waals surface area (Å²) in [5.74, 6) is 0. The Hall–Kier alpha value is -1.13. The minimum atomic E-state index is 0. The van der Waals surface area contributed by atoms with Crippen molar-refractivity contribution in [3.63, 3.8) is 0 Å².